The van der Waals surface area contributed by atoms with Gasteiger partial charge in [0, 0.05) is 46.6 Å². The lowest BCUT2D eigenvalue weighted by Crippen LogP contribution is -2.46. The van der Waals surface area contributed by atoms with E-state index in [9.17, 15) is 4.79 Å². The largest absolute Gasteiger partial charge is 0.383 e. The van der Waals surface area contributed by atoms with Crippen LogP contribution < -0.4 is 5.73 Å². The molecule has 6 heterocycles. The highest BCUT2D eigenvalue weighted by Gasteiger charge is 2.46. The summed E-state index contributed by atoms with van der Waals surface area (Å²) in [6.45, 7) is 1.98. The molecule has 10 nitrogen and oxygen atoms in total. The normalized spacial score (nSPS) is 23.8. The number of hydrogen-bond donors (Lipinski definition) is 2. The fourth-order valence-electron chi connectivity index (χ4n) is 6.14. The van der Waals surface area contributed by atoms with Gasteiger partial charge in [-0.15, -0.1) is 10.2 Å². The molecule has 1 unspecified atom stereocenters. The first kappa shape index (κ1) is 20.5. The molecule has 4 aromatic rings. The second-order valence-electron chi connectivity index (χ2n) is 10.2. The molecule has 3 aliphatic rings. The average molecular weight is 470 g/mol. The van der Waals surface area contributed by atoms with Crippen LogP contribution in [0.2, 0.25) is 0 Å². The Bertz CT molecular complexity index is 1410. The molecule has 0 radical (unpaired) electrons. The molecule has 4 aromatic heterocycles. The Morgan fingerprint density at radius 2 is 1.89 bits per heavy atom. The van der Waals surface area contributed by atoms with Crippen molar-refractivity contribution in [3.8, 4) is 11.1 Å². The number of fused-ring (bicyclic) bond motifs is 3. The van der Waals surface area contributed by atoms with Crippen LogP contribution in [0.25, 0.3) is 16.8 Å². The maximum absolute atomic E-state index is 13.1. The number of nitrogens with one attached hydrogen (secondary N) is 1. The molecule has 2 aliphatic heterocycles. The summed E-state index contributed by atoms with van der Waals surface area (Å²) in [5.74, 6) is 1.67. The van der Waals surface area contributed by atoms with Crippen molar-refractivity contribution in [3.63, 3.8) is 0 Å². The molecule has 0 spiro atoms. The van der Waals surface area contributed by atoms with E-state index in [0.717, 1.165) is 72.3 Å². The summed E-state index contributed by atoms with van der Waals surface area (Å²) in [6.07, 6.45) is 11.2. The van der Waals surface area contributed by atoms with Crippen molar-refractivity contribution in [2.75, 3.05) is 5.73 Å². The minimum absolute atomic E-state index is 0.0521. The fourth-order valence-corrected chi connectivity index (χ4v) is 6.14. The minimum atomic E-state index is -0.0521. The molecule has 10 heteroatoms. The number of rotatable bonds is 4. The van der Waals surface area contributed by atoms with E-state index in [0.29, 0.717) is 17.6 Å². The maximum atomic E-state index is 13.1. The molecule has 3 fully saturated rings. The number of nitrogens with zero attached hydrogens (tertiary/aromatic N) is 7. The molecule has 3 atom stereocenters. The highest BCUT2D eigenvalue weighted by Crippen LogP contribution is 2.50. The predicted molar refractivity (Wildman–Crippen MR) is 129 cm³/mol. The number of hydrogen-bond acceptors (Lipinski definition) is 7. The van der Waals surface area contributed by atoms with Gasteiger partial charge in [-0.25, -0.2) is 4.98 Å². The molecule has 1 saturated carbocycles. The fraction of sp³-hybridized carbons (Fsp3) is 0.440. The molecule has 1 amide bonds. The molecule has 2 saturated heterocycles. The van der Waals surface area contributed by atoms with E-state index in [2.05, 4.69) is 31.3 Å². The minimum Gasteiger partial charge on any atom is -0.383 e. The smallest absolute Gasteiger partial charge is 0.292 e. The summed E-state index contributed by atoms with van der Waals surface area (Å²) in [5, 5.41) is 12.4. The average Bonchev–Trinajstić information content (AvgIpc) is 3.25. The summed E-state index contributed by atoms with van der Waals surface area (Å²) in [5.41, 5.74) is 12.7. The molecule has 3 N–H and O–H groups in total. The van der Waals surface area contributed by atoms with Gasteiger partial charge in [-0.2, -0.15) is 9.61 Å². The Balaban J connectivity index is 1.29. The van der Waals surface area contributed by atoms with Crippen LogP contribution in [0, 0.1) is 6.92 Å². The van der Waals surface area contributed by atoms with Gasteiger partial charge in [0.05, 0.1) is 11.9 Å². The third-order valence-electron chi connectivity index (χ3n) is 7.93. The van der Waals surface area contributed by atoms with Crippen molar-refractivity contribution in [2.24, 2.45) is 0 Å². The predicted octanol–water partition coefficient (Wildman–Crippen LogP) is 3.23. The topological polar surface area (TPSA) is 131 Å². The van der Waals surface area contributed by atoms with Crippen LogP contribution in [0.1, 0.15) is 77.9 Å². The number of aryl methyl sites for hydroxylation is 1. The lowest BCUT2D eigenvalue weighted by atomic mass is 9.85. The first-order chi connectivity index (χ1) is 17.1. The second-order valence-corrected chi connectivity index (χ2v) is 10.2. The summed E-state index contributed by atoms with van der Waals surface area (Å²) < 4.78 is 1.80. The van der Waals surface area contributed by atoms with Gasteiger partial charge in [-0.05, 0) is 57.4 Å². The van der Waals surface area contributed by atoms with Crippen LogP contribution in [0.3, 0.4) is 0 Å². The third kappa shape index (κ3) is 3.23. The van der Waals surface area contributed by atoms with E-state index in [1.807, 2.05) is 30.3 Å². The summed E-state index contributed by atoms with van der Waals surface area (Å²) in [6, 6.07) is 4.40. The summed E-state index contributed by atoms with van der Waals surface area (Å²) in [7, 11) is 0. The second kappa shape index (κ2) is 7.59. The van der Waals surface area contributed by atoms with E-state index in [1.165, 1.54) is 6.33 Å². The van der Waals surface area contributed by atoms with Gasteiger partial charge in [0.1, 0.15) is 12.1 Å². The number of amides is 1. The Morgan fingerprint density at radius 1 is 1.09 bits per heavy atom. The highest BCUT2D eigenvalue weighted by molar-refractivity contribution is 5.91. The molecule has 7 rings (SSSR count). The van der Waals surface area contributed by atoms with E-state index < -0.39 is 0 Å². The Labute approximate surface area is 202 Å². The Morgan fingerprint density at radius 3 is 2.54 bits per heavy atom. The van der Waals surface area contributed by atoms with E-state index >= 15 is 0 Å². The van der Waals surface area contributed by atoms with E-state index in [-0.39, 0.29) is 23.9 Å². The van der Waals surface area contributed by atoms with Crippen molar-refractivity contribution >= 4 is 17.4 Å². The van der Waals surface area contributed by atoms with Gasteiger partial charge >= 0.3 is 0 Å². The van der Waals surface area contributed by atoms with Crippen LogP contribution in [0.15, 0.2) is 30.9 Å². The van der Waals surface area contributed by atoms with Crippen LogP contribution in [-0.2, 0) is 0 Å². The number of carbonyl (C=O) groups is 1. The summed E-state index contributed by atoms with van der Waals surface area (Å²) in [4.78, 5) is 27.7. The number of piperidine rings is 1. The lowest BCUT2D eigenvalue weighted by molar-refractivity contribution is 0.0557. The molecule has 178 valence electrons. The number of aromatic amines is 1. The first-order valence-electron chi connectivity index (χ1n) is 12.4. The van der Waals surface area contributed by atoms with Crippen molar-refractivity contribution in [2.45, 2.75) is 69.4 Å². The van der Waals surface area contributed by atoms with Crippen LogP contribution >= 0.6 is 0 Å². The SMILES string of the molecule is Cc1ccc(-c2cnn3c(N)c(C4CC4)c([C@@H]4CC5CC[C@@H](C4)N5C(=O)c4nnc[nH]4)nc23)cn1. The van der Waals surface area contributed by atoms with Crippen molar-refractivity contribution in [3.05, 3.63) is 53.6 Å². The first-order valence-corrected chi connectivity index (χ1v) is 12.4. The lowest BCUT2D eigenvalue weighted by Gasteiger charge is -2.39. The molecule has 1 aliphatic carbocycles. The van der Waals surface area contributed by atoms with Gasteiger partial charge in [-0.1, -0.05) is 6.07 Å². The Hall–Kier alpha value is -3.82. The molecule has 0 aromatic carbocycles. The zero-order valence-corrected chi connectivity index (χ0v) is 19.6. The molecule has 35 heavy (non-hydrogen) atoms. The molecule has 2 bridgehead atoms. The monoisotopic (exact) mass is 469 g/mol. The zero-order valence-electron chi connectivity index (χ0n) is 19.6. The third-order valence-corrected chi connectivity index (χ3v) is 7.93. The van der Waals surface area contributed by atoms with Crippen molar-refractivity contribution in [1.82, 2.24) is 39.7 Å². The number of anilines is 1. The zero-order chi connectivity index (χ0) is 23.7. The van der Waals surface area contributed by atoms with Crippen LogP contribution in [-0.4, -0.2) is 57.7 Å². The van der Waals surface area contributed by atoms with Crippen LogP contribution in [0.4, 0.5) is 5.82 Å². The van der Waals surface area contributed by atoms with Crippen molar-refractivity contribution in [1.29, 1.82) is 0 Å². The van der Waals surface area contributed by atoms with Gasteiger partial charge < -0.3 is 15.6 Å². The number of pyridine rings is 1. The molecular weight excluding hydrogens is 442 g/mol. The van der Waals surface area contributed by atoms with E-state index in [4.69, 9.17) is 10.7 Å². The highest BCUT2D eigenvalue weighted by atomic mass is 16.2. The summed E-state index contributed by atoms with van der Waals surface area (Å²) >= 11 is 0. The number of carbonyl (C=O) groups excluding carboxylic acids is 1. The van der Waals surface area contributed by atoms with Crippen LogP contribution in [0.5, 0.6) is 0 Å². The number of nitrogen functional groups attached to an aromatic ring is 1. The number of H-pyrrole nitrogens is 1. The quantitative estimate of drug-likeness (QED) is 0.469. The standard InChI is InChI=1S/C25H27N9O/c1-13-2-3-15(10-27-13)19-11-30-34-22(26)20(14-4-5-14)21(31-24(19)34)16-8-17-6-7-18(9-16)33(17)25(35)23-28-12-29-32-23/h2-3,10-12,14,16-18H,4-9,26H2,1H3,(H,28,29,32)/t16-,17-,18?/m0/s1. The van der Waals surface area contributed by atoms with E-state index in [1.54, 1.807) is 4.52 Å². The Kier molecular flexibility index (Phi) is 4.46. The van der Waals surface area contributed by atoms with Gasteiger partial charge in [-0.3, -0.25) is 9.78 Å². The van der Waals surface area contributed by atoms with Gasteiger partial charge in [0.2, 0.25) is 5.82 Å². The number of aromatic nitrogens is 7. The number of nitrogens with two attached hydrogens (primary N) is 1. The van der Waals surface area contributed by atoms with Gasteiger partial charge in [0.25, 0.3) is 5.91 Å². The van der Waals surface area contributed by atoms with Gasteiger partial charge in [0.15, 0.2) is 5.65 Å². The molecular formula is C25H27N9O. The maximum Gasteiger partial charge on any atom is 0.292 e. The van der Waals surface area contributed by atoms with Crippen molar-refractivity contribution < 1.29 is 4.79 Å².